The fraction of sp³-hybridized carbons (Fsp3) is 0.467. The summed E-state index contributed by atoms with van der Waals surface area (Å²) < 4.78 is 0.872. The Labute approximate surface area is 126 Å². The van der Waals surface area contributed by atoms with Crippen molar-refractivity contribution in [3.05, 3.63) is 28.7 Å². The van der Waals surface area contributed by atoms with Gasteiger partial charge in [-0.25, -0.2) is 4.90 Å². The standard InChI is InChI=1S/C15H17BrN2O2/c16-11-5-4-6-12(9-11)18-14(19)10-13(15(18)20)17-7-2-1-3-8-17/h4-6,9,13H,1-3,7-8,10H2/t13-/m0/s1. The van der Waals surface area contributed by atoms with Gasteiger partial charge in [0.05, 0.1) is 18.2 Å². The van der Waals surface area contributed by atoms with Gasteiger partial charge in [-0.05, 0) is 44.1 Å². The molecule has 0 bridgehead atoms. The van der Waals surface area contributed by atoms with Gasteiger partial charge in [0.1, 0.15) is 0 Å². The monoisotopic (exact) mass is 336 g/mol. The molecule has 3 rings (SSSR count). The smallest absolute Gasteiger partial charge is 0.251 e. The number of imide groups is 1. The molecule has 2 saturated heterocycles. The van der Waals surface area contributed by atoms with Crippen LogP contribution >= 0.6 is 15.9 Å². The lowest BCUT2D eigenvalue weighted by molar-refractivity contribution is -0.123. The molecule has 1 atom stereocenters. The second-order valence-electron chi connectivity index (χ2n) is 5.36. The van der Waals surface area contributed by atoms with E-state index in [0.717, 1.165) is 30.4 Å². The number of carbonyl (C=O) groups excluding carboxylic acids is 2. The molecule has 2 amide bonds. The molecule has 2 aliphatic rings. The van der Waals surface area contributed by atoms with Crippen LogP contribution < -0.4 is 4.90 Å². The Hall–Kier alpha value is -1.20. The van der Waals surface area contributed by atoms with Crippen LogP contribution in [0.25, 0.3) is 0 Å². The summed E-state index contributed by atoms with van der Waals surface area (Å²) in [4.78, 5) is 28.3. The van der Waals surface area contributed by atoms with Crippen LogP contribution in [0.15, 0.2) is 28.7 Å². The van der Waals surface area contributed by atoms with Gasteiger partial charge in [0.25, 0.3) is 5.91 Å². The molecule has 20 heavy (non-hydrogen) atoms. The highest BCUT2D eigenvalue weighted by atomic mass is 79.9. The summed E-state index contributed by atoms with van der Waals surface area (Å²) >= 11 is 3.38. The van der Waals surface area contributed by atoms with Gasteiger partial charge in [-0.2, -0.15) is 0 Å². The minimum atomic E-state index is -0.262. The van der Waals surface area contributed by atoms with Gasteiger partial charge < -0.3 is 0 Å². The quantitative estimate of drug-likeness (QED) is 0.779. The Balaban J connectivity index is 1.83. The highest BCUT2D eigenvalue weighted by molar-refractivity contribution is 9.10. The van der Waals surface area contributed by atoms with Crippen molar-refractivity contribution >= 4 is 33.4 Å². The number of rotatable bonds is 2. The Bertz CT molecular complexity index is 540. The summed E-state index contributed by atoms with van der Waals surface area (Å²) in [5, 5.41) is 0. The molecule has 1 aromatic carbocycles. The van der Waals surface area contributed by atoms with Crippen molar-refractivity contribution in [2.45, 2.75) is 31.7 Å². The lowest BCUT2D eigenvalue weighted by Gasteiger charge is -2.30. The van der Waals surface area contributed by atoms with Crippen molar-refractivity contribution in [2.24, 2.45) is 0 Å². The van der Waals surface area contributed by atoms with Gasteiger partial charge >= 0.3 is 0 Å². The summed E-state index contributed by atoms with van der Waals surface area (Å²) in [6, 6.07) is 7.08. The molecule has 2 fully saturated rings. The normalized spacial score (nSPS) is 24.4. The molecule has 2 aliphatic heterocycles. The molecular formula is C15H17BrN2O2. The molecule has 5 heteroatoms. The van der Waals surface area contributed by atoms with E-state index in [4.69, 9.17) is 0 Å². The average molecular weight is 337 g/mol. The zero-order valence-corrected chi connectivity index (χ0v) is 12.8. The SMILES string of the molecule is O=C1C[C@H](N2CCCCC2)C(=O)N1c1cccc(Br)c1. The van der Waals surface area contributed by atoms with Crippen molar-refractivity contribution in [2.75, 3.05) is 18.0 Å². The summed E-state index contributed by atoms with van der Waals surface area (Å²) in [5.74, 6) is -0.168. The number of likely N-dealkylation sites (tertiary alicyclic amines) is 1. The number of benzene rings is 1. The van der Waals surface area contributed by atoms with Crippen LogP contribution in [0.3, 0.4) is 0 Å². The second-order valence-corrected chi connectivity index (χ2v) is 6.28. The van der Waals surface area contributed by atoms with Gasteiger partial charge in [0.2, 0.25) is 5.91 Å². The van der Waals surface area contributed by atoms with Crippen LogP contribution in [0.4, 0.5) is 5.69 Å². The molecule has 1 aromatic rings. The Kier molecular flexibility index (Phi) is 3.89. The van der Waals surface area contributed by atoms with Crippen molar-refractivity contribution < 1.29 is 9.59 Å². The lowest BCUT2D eigenvalue weighted by Crippen LogP contribution is -2.44. The van der Waals surface area contributed by atoms with Crippen LogP contribution in [0.2, 0.25) is 0 Å². The fourth-order valence-electron chi connectivity index (χ4n) is 3.02. The first-order valence-corrected chi connectivity index (χ1v) is 7.82. The zero-order valence-electron chi connectivity index (χ0n) is 11.2. The molecule has 0 spiro atoms. The van der Waals surface area contributed by atoms with Crippen LogP contribution in [0.1, 0.15) is 25.7 Å². The van der Waals surface area contributed by atoms with Crippen molar-refractivity contribution in [1.29, 1.82) is 0 Å². The van der Waals surface area contributed by atoms with E-state index in [9.17, 15) is 9.59 Å². The first-order valence-electron chi connectivity index (χ1n) is 7.03. The number of hydrogen-bond acceptors (Lipinski definition) is 3. The number of halogens is 1. The molecule has 0 saturated carbocycles. The van der Waals surface area contributed by atoms with Gasteiger partial charge in [-0.1, -0.05) is 28.4 Å². The molecule has 4 nitrogen and oxygen atoms in total. The average Bonchev–Trinajstić information content (AvgIpc) is 2.75. The van der Waals surface area contributed by atoms with E-state index >= 15 is 0 Å². The Morgan fingerprint density at radius 2 is 1.85 bits per heavy atom. The lowest BCUT2D eigenvalue weighted by atomic mass is 10.1. The third-order valence-electron chi connectivity index (χ3n) is 4.02. The topological polar surface area (TPSA) is 40.6 Å². The Morgan fingerprint density at radius 1 is 1.10 bits per heavy atom. The molecule has 2 heterocycles. The van der Waals surface area contributed by atoms with Crippen molar-refractivity contribution in [3.8, 4) is 0 Å². The van der Waals surface area contributed by atoms with Crippen LogP contribution in [-0.2, 0) is 9.59 Å². The second kappa shape index (κ2) is 5.66. The Morgan fingerprint density at radius 3 is 2.55 bits per heavy atom. The van der Waals surface area contributed by atoms with E-state index in [-0.39, 0.29) is 17.9 Å². The van der Waals surface area contributed by atoms with Gasteiger partial charge in [0.15, 0.2) is 0 Å². The van der Waals surface area contributed by atoms with Gasteiger partial charge in [-0.15, -0.1) is 0 Å². The predicted molar refractivity (Wildman–Crippen MR) is 80.5 cm³/mol. The van der Waals surface area contributed by atoms with Crippen LogP contribution in [-0.4, -0.2) is 35.8 Å². The largest absolute Gasteiger partial charge is 0.292 e. The molecule has 0 unspecified atom stereocenters. The number of piperidine rings is 1. The number of anilines is 1. The van der Waals surface area contributed by atoms with E-state index in [0.29, 0.717) is 12.1 Å². The number of carbonyl (C=O) groups is 2. The van der Waals surface area contributed by atoms with E-state index in [1.165, 1.54) is 11.3 Å². The first-order chi connectivity index (χ1) is 9.66. The summed E-state index contributed by atoms with van der Waals surface area (Å²) in [7, 11) is 0. The van der Waals surface area contributed by atoms with E-state index in [1.54, 1.807) is 6.07 Å². The number of amides is 2. The minimum Gasteiger partial charge on any atom is -0.292 e. The maximum absolute atomic E-state index is 12.6. The first kappa shape index (κ1) is 13.8. The molecule has 0 radical (unpaired) electrons. The highest BCUT2D eigenvalue weighted by Gasteiger charge is 2.42. The molecule has 0 N–H and O–H groups in total. The summed E-state index contributed by atoms with van der Waals surface area (Å²) in [6.45, 7) is 1.85. The molecule has 0 aliphatic carbocycles. The minimum absolute atomic E-state index is 0.0741. The maximum Gasteiger partial charge on any atom is 0.251 e. The summed E-state index contributed by atoms with van der Waals surface area (Å²) in [5.41, 5.74) is 0.661. The zero-order chi connectivity index (χ0) is 14.1. The molecular weight excluding hydrogens is 320 g/mol. The van der Waals surface area contributed by atoms with E-state index in [1.807, 2.05) is 18.2 Å². The maximum atomic E-state index is 12.6. The fourth-order valence-corrected chi connectivity index (χ4v) is 3.40. The van der Waals surface area contributed by atoms with Crippen LogP contribution in [0, 0.1) is 0 Å². The predicted octanol–water partition coefficient (Wildman–Crippen LogP) is 2.57. The summed E-state index contributed by atoms with van der Waals surface area (Å²) in [6.07, 6.45) is 3.77. The van der Waals surface area contributed by atoms with E-state index in [2.05, 4.69) is 20.8 Å². The number of nitrogens with zero attached hydrogens (tertiary/aromatic N) is 2. The highest BCUT2D eigenvalue weighted by Crippen LogP contribution is 2.28. The third-order valence-corrected chi connectivity index (χ3v) is 4.51. The third kappa shape index (κ3) is 2.52. The van der Waals surface area contributed by atoms with Crippen molar-refractivity contribution in [3.63, 3.8) is 0 Å². The van der Waals surface area contributed by atoms with Gasteiger partial charge in [0, 0.05) is 4.47 Å². The van der Waals surface area contributed by atoms with Crippen molar-refractivity contribution in [1.82, 2.24) is 4.90 Å². The molecule has 0 aromatic heterocycles. The molecule has 106 valence electrons. The van der Waals surface area contributed by atoms with Gasteiger partial charge in [-0.3, -0.25) is 14.5 Å². The number of hydrogen-bond donors (Lipinski definition) is 0. The van der Waals surface area contributed by atoms with Crippen LogP contribution in [0.5, 0.6) is 0 Å². The van der Waals surface area contributed by atoms with E-state index < -0.39 is 0 Å².